The number of unbranched alkanes of at least 4 members (excludes halogenated alkanes) is 2. The Hall–Kier alpha value is 0.137. The van der Waals surface area contributed by atoms with E-state index in [4.69, 9.17) is 9.16 Å². The van der Waals surface area contributed by atoms with Crippen molar-refractivity contribution in [1.29, 1.82) is 0 Å². The van der Waals surface area contributed by atoms with Gasteiger partial charge in [0.25, 0.3) is 0 Å². The van der Waals surface area contributed by atoms with Crippen LogP contribution in [0.1, 0.15) is 65.7 Å². The first-order valence-corrected chi connectivity index (χ1v) is 11.0. The van der Waals surface area contributed by atoms with Crippen LogP contribution in [0.2, 0.25) is 18.1 Å². The molecule has 0 saturated carbocycles. The van der Waals surface area contributed by atoms with Crippen LogP contribution in [0, 0.1) is 0 Å². The Labute approximate surface area is 121 Å². The second-order valence-electron chi connectivity index (χ2n) is 7.45. The molecule has 1 rings (SSSR count). The van der Waals surface area contributed by atoms with E-state index >= 15 is 0 Å². The van der Waals surface area contributed by atoms with Gasteiger partial charge in [-0.2, -0.15) is 0 Å². The van der Waals surface area contributed by atoms with Crippen LogP contribution in [0.15, 0.2) is 0 Å². The Morgan fingerprint density at radius 3 is 2.42 bits per heavy atom. The van der Waals surface area contributed by atoms with Gasteiger partial charge >= 0.3 is 0 Å². The van der Waals surface area contributed by atoms with Crippen molar-refractivity contribution < 1.29 is 9.16 Å². The Morgan fingerprint density at radius 1 is 1.11 bits per heavy atom. The molecule has 1 heterocycles. The predicted octanol–water partition coefficient (Wildman–Crippen LogP) is 5.14. The molecule has 0 amide bonds. The maximum absolute atomic E-state index is 6.19. The average Bonchev–Trinajstić information content (AvgIpc) is 2.33. The topological polar surface area (TPSA) is 18.5 Å². The minimum absolute atomic E-state index is 0.336. The normalized spacial score (nSPS) is 21.6. The van der Waals surface area contributed by atoms with Gasteiger partial charge in [-0.15, -0.1) is 0 Å². The number of ether oxygens (including phenoxy) is 1. The average molecular weight is 287 g/mol. The molecule has 19 heavy (non-hydrogen) atoms. The Balaban J connectivity index is 2.02. The van der Waals surface area contributed by atoms with E-state index in [1.54, 1.807) is 0 Å². The van der Waals surface area contributed by atoms with Crippen LogP contribution in [0.25, 0.3) is 0 Å². The summed E-state index contributed by atoms with van der Waals surface area (Å²) < 4.78 is 12.0. The lowest BCUT2D eigenvalue weighted by atomic mass is 10.0. The summed E-state index contributed by atoms with van der Waals surface area (Å²) in [6.07, 6.45) is 9.49. The highest BCUT2D eigenvalue weighted by Gasteiger charge is 2.36. The van der Waals surface area contributed by atoms with Gasteiger partial charge in [-0.25, -0.2) is 0 Å². The third kappa shape index (κ3) is 6.41. The summed E-state index contributed by atoms with van der Waals surface area (Å²) in [6.45, 7) is 13.5. The first-order chi connectivity index (χ1) is 8.83. The van der Waals surface area contributed by atoms with Crippen molar-refractivity contribution in [3.05, 3.63) is 0 Å². The van der Waals surface area contributed by atoms with Gasteiger partial charge in [0.05, 0.1) is 6.10 Å². The van der Waals surface area contributed by atoms with Crippen molar-refractivity contribution in [2.45, 2.75) is 90.0 Å². The molecular weight excluding hydrogens is 252 g/mol. The Morgan fingerprint density at radius 2 is 1.84 bits per heavy atom. The van der Waals surface area contributed by atoms with E-state index in [0.717, 1.165) is 13.2 Å². The maximum Gasteiger partial charge on any atom is 0.191 e. The second kappa shape index (κ2) is 7.80. The second-order valence-corrected chi connectivity index (χ2v) is 12.3. The fourth-order valence-corrected chi connectivity index (χ4v) is 3.32. The molecule has 0 radical (unpaired) electrons. The molecule has 1 aliphatic rings. The van der Waals surface area contributed by atoms with E-state index in [2.05, 4.69) is 33.9 Å². The zero-order valence-electron chi connectivity index (χ0n) is 13.8. The van der Waals surface area contributed by atoms with Crippen molar-refractivity contribution in [3.8, 4) is 0 Å². The summed E-state index contributed by atoms with van der Waals surface area (Å²) in [5.41, 5.74) is 0. The third-order valence-corrected chi connectivity index (χ3v) is 9.25. The van der Waals surface area contributed by atoms with Crippen molar-refractivity contribution >= 4 is 8.32 Å². The van der Waals surface area contributed by atoms with Crippen LogP contribution < -0.4 is 0 Å². The SMILES string of the molecule is CC(C)(C)[Si](C)(C)OCCCCCC1CCCCO1. The molecule has 1 aliphatic heterocycles. The van der Waals surface area contributed by atoms with Crippen LogP contribution >= 0.6 is 0 Å². The molecule has 1 atom stereocenters. The summed E-state index contributed by atoms with van der Waals surface area (Å²) in [6, 6.07) is 0. The van der Waals surface area contributed by atoms with E-state index in [9.17, 15) is 0 Å². The molecule has 0 N–H and O–H groups in total. The summed E-state index contributed by atoms with van der Waals surface area (Å²) in [7, 11) is -1.52. The molecule has 1 unspecified atom stereocenters. The molecular formula is C16H34O2Si. The molecule has 1 saturated heterocycles. The fraction of sp³-hybridized carbons (Fsp3) is 1.00. The standard InChI is InChI=1S/C16H34O2Si/c1-16(2,3)19(4,5)18-14-9-6-7-11-15-12-8-10-13-17-15/h15H,6-14H2,1-5H3. The molecule has 114 valence electrons. The molecule has 2 nitrogen and oxygen atoms in total. The van der Waals surface area contributed by atoms with Crippen LogP contribution in [-0.4, -0.2) is 27.6 Å². The van der Waals surface area contributed by atoms with Crippen molar-refractivity contribution in [1.82, 2.24) is 0 Å². The summed E-state index contributed by atoms with van der Waals surface area (Å²) in [4.78, 5) is 0. The Kier molecular flexibility index (Phi) is 7.05. The van der Waals surface area contributed by atoms with Gasteiger partial charge in [-0.1, -0.05) is 33.6 Å². The maximum atomic E-state index is 6.19. The van der Waals surface area contributed by atoms with Crippen molar-refractivity contribution in [3.63, 3.8) is 0 Å². The lowest BCUT2D eigenvalue weighted by Crippen LogP contribution is -2.40. The number of hydrogen-bond donors (Lipinski definition) is 0. The van der Waals surface area contributed by atoms with Gasteiger partial charge in [0.15, 0.2) is 8.32 Å². The highest BCUT2D eigenvalue weighted by atomic mass is 28.4. The van der Waals surface area contributed by atoms with Crippen molar-refractivity contribution in [2.75, 3.05) is 13.2 Å². The van der Waals surface area contributed by atoms with Gasteiger partial charge in [-0.05, 0) is 50.2 Å². The minimum atomic E-state index is -1.52. The first-order valence-electron chi connectivity index (χ1n) is 8.08. The molecule has 1 fully saturated rings. The highest BCUT2D eigenvalue weighted by Crippen LogP contribution is 2.36. The van der Waals surface area contributed by atoms with E-state index in [1.807, 2.05) is 0 Å². The zero-order chi connectivity index (χ0) is 14.4. The smallest absolute Gasteiger partial charge is 0.191 e. The van der Waals surface area contributed by atoms with Gasteiger partial charge in [-0.3, -0.25) is 0 Å². The quantitative estimate of drug-likeness (QED) is 0.476. The Bertz CT molecular complexity index is 240. The van der Waals surface area contributed by atoms with Gasteiger partial charge in [0.1, 0.15) is 0 Å². The zero-order valence-corrected chi connectivity index (χ0v) is 14.8. The van der Waals surface area contributed by atoms with Crippen LogP contribution in [-0.2, 0) is 9.16 Å². The lowest BCUT2D eigenvalue weighted by Gasteiger charge is -2.36. The monoisotopic (exact) mass is 286 g/mol. The fourth-order valence-electron chi connectivity index (χ4n) is 2.23. The number of rotatable bonds is 7. The summed E-state index contributed by atoms with van der Waals surface area (Å²) in [5.74, 6) is 0. The summed E-state index contributed by atoms with van der Waals surface area (Å²) in [5, 5.41) is 0.336. The van der Waals surface area contributed by atoms with Gasteiger partial charge < -0.3 is 9.16 Å². The summed E-state index contributed by atoms with van der Waals surface area (Å²) >= 11 is 0. The number of hydrogen-bond acceptors (Lipinski definition) is 2. The molecule has 0 aromatic heterocycles. The lowest BCUT2D eigenvalue weighted by molar-refractivity contribution is 0.00964. The van der Waals surface area contributed by atoms with Crippen LogP contribution in [0.3, 0.4) is 0 Å². The molecule has 0 spiro atoms. The largest absolute Gasteiger partial charge is 0.417 e. The minimum Gasteiger partial charge on any atom is -0.417 e. The molecule has 0 bridgehead atoms. The molecule has 0 aliphatic carbocycles. The predicted molar refractivity (Wildman–Crippen MR) is 85.2 cm³/mol. The first kappa shape index (κ1) is 17.2. The van der Waals surface area contributed by atoms with E-state index in [-0.39, 0.29) is 0 Å². The van der Waals surface area contributed by atoms with Gasteiger partial charge in [0.2, 0.25) is 0 Å². The molecule has 3 heteroatoms. The third-order valence-electron chi connectivity index (χ3n) is 4.71. The van der Waals surface area contributed by atoms with E-state index in [0.29, 0.717) is 11.1 Å². The highest BCUT2D eigenvalue weighted by molar-refractivity contribution is 6.74. The van der Waals surface area contributed by atoms with E-state index < -0.39 is 8.32 Å². The van der Waals surface area contributed by atoms with Gasteiger partial charge in [0, 0.05) is 13.2 Å². The van der Waals surface area contributed by atoms with Crippen LogP contribution in [0.5, 0.6) is 0 Å². The van der Waals surface area contributed by atoms with E-state index in [1.165, 1.54) is 44.9 Å². The van der Waals surface area contributed by atoms with Crippen LogP contribution in [0.4, 0.5) is 0 Å². The molecule has 0 aromatic rings. The molecule has 0 aromatic carbocycles. The van der Waals surface area contributed by atoms with Crippen molar-refractivity contribution in [2.24, 2.45) is 0 Å².